The largest absolute Gasteiger partial charge is 0.473 e. The molecule has 3 rings (SSSR count). The molecule has 2 fully saturated rings. The monoisotopic (exact) mass is 408 g/mol. The van der Waals surface area contributed by atoms with E-state index in [9.17, 15) is 0 Å². The van der Waals surface area contributed by atoms with Gasteiger partial charge in [-0.2, -0.15) is 0 Å². The maximum atomic E-state index is 9.10. The maximum Gasteiger partial charge on any atom is 0.414 e. The summed E-state index contributed by atoms with van der Waals surface area (Å²) in [6.45, 7) is 6.36. The molecule has 0 radical (unpaired) electrons. The van der Waals surface area contributed by atoms with Crippen molar-refractivity contribution < 1.29 is 19.8 Å². The van der Waals surface area contributed by atoms with Crippen LogP contribution in [0.15, 0.2) is 29.2 Å². The van der Waals surface area contributed by atoms with Crippen molar-refractivity contribution in [1.29, 1.82) is 0 Å². The second-order valence-electron chi connectivity index (χ2n) is 7.42. The van der Waals surface area contributed by atoms with Gasteiger partial charge in [-0.15, -0.1) is 11.8 Å². The molecule has 0 saturated carbocycles. The maximum absolute atomic E-state index is 9.10. The first-order valence-corrected chi connectivity index (χ1v) is 11.3. The first-order valence-electron chi connectivity index (χ1n) is 10.0. The zero-order valence-corrected chi connectivity index (χ0v) is 17.5. The van der Waals surface area contributed by atoms with E-state index >= 15 is 0 Å². The lowest BCUT2D eigenvalue weighted by molar-refractivity contribution is -0.159. The molecule has 2 aliphatic heterocycles. The van der Waals surface area contributed by atoms with Gasteiger partial charge >= 0.3 is 11.9 Å². The summed E-state index contributed by atoms with van der Waals surface area (Å²) < 4.78 is 0. The number of carboxylic acids is 2. The van der Waals surface area contributed by atoms with Crippen LogP contribution in [-0.2, 0) is 16.1 Å². The van der Waals surface area contributed by atoms with E-state index < -0.39 is 11.9 Å². The van der Waals surface area contributed by atoms with Gasteiger partial charge in [0.15, 0.2) is 0 Å². The Morgan fingerprint density at radius 3 is 1.93 bits per heavy atom. The quantitative estimate of drug-likeness (QED) is 0.584. The first-order chi connectivity index (χ1) is 13.5. The smallest absolute Gasteiger partial charge is 0.414 e. The summed E-state index contributed by atoms with van der Waals surface area (Å²) in [5.74, 6) is -3.65. The van der Waals surface area contributed by atoms with Crippen molar-refractivity contribution in [2.45, 2.75) is 56.0 Å². The number of thioether (sulfide) groups is 1. The predicted octanol–water partition coefficient (Wildman–Crippen LogP) is 3.40. The van der Waals surface area contributed by atoms with Crippen molar-refractivity contribution in [2.75, 3.05) is 32.4 Å². The predicted molar refractivity (Wildman–Crippen MR) is 112 cm³/mol. The molecule has 0 aliphatic carbocycles. The van der Waals surface area contributed by atoms with E-state index in [1.54, 1.807) is 0 Å². The van der Waals surface area contributed by atoms with Gasteiger partial charge in [-0.3, -0.25) is 4.90 Å². The fraction of sp³-hybridized carbons (Fsp3) is 0.619. The highest BCUT2D eigenvalue weighted by molar-refractivity contribution is 7.98. The lowest BCUT2D eigenvalue weighted by atomic mass is 10.0. The number of piperidine rings is 1. The Hall–Kier alpha value is -1.57. The zero-order chi connectivity index (χ0) is 20.4. The van der Waals surface area contributed by atoms with Crippen LogP contribution in [0.3, 0.4) is 0 Å². The van der Waals surface area contributed by atoms with Crippen molar-refractivity contribution >= 4 is 23.7 Å². The Labute approximate surface area is 171 Å². The van der Waals surface area contributed by atoms with E-state index in [-0.39, 0.29) is 0 Å². The third-order valence-electron chi connectivity index (χ3n) is 5.46. The van der Waals surface area contributed by atoms with Crippen LogP contribution in [0.25, 0.3) is 0 Å². The molecule has 2 aliphatic rings. The minimum Gasteiger partial charge on any atom is -0.473 e. The molecule has 0 amide bonds. The SMILES string of the molecule is CSc1ccc(CN2CCC(N3CCCCCC3)CC2)cc1.O=C(O)C(=O)O. The van der Waals surface area contributed by atoms with Gasteiger partial charge in [0.05, 0.1) is 0 Å². The lowest BCUT2D eigenvalue weighted by Crippen LogP contribution is -2.45. The van der Waals surface area contributed by atoms with Crippen molar-refractivity contribution in [3.8, 4) is 0 Å². The van der Waals surface area contributed by atoms with E-state index in [2.05, 4.69) is 40.3 Å². The Morgan fingerprint density at radius 2 is 1.46 bits per heavy atom. The van der Waals surface area contributed by atoms with E-state index in [4.69, 9.17) is 19.8 Å². The van der Waals surface area contributed by atoms with Gasteiger partial charge in [-0.05, 0) is 75.8 Å². The zero-order valence-electron chi connectivity index (χ0n) is 16.7. The Balaban J connectivity index is 0.000000409. The van der Waals surface area contributed by atoms with E-state index in [1.165, 1.54) is 75.2 Å². The van der Waals surface area contributed by atoms with Crippen LogP contribution < -0.4 is 0 Å². The molecule has 0 atom stereocenters. The summed E-state index contributed by atoms with van der Waals surface area (Å²) in [5.41, 5.74) is 1.46. The molecule has 6 nitrogen and oxygen atoms in total. The van der Waals surface area contributed by atoms with Crippen LogP contribution in [0.1, 0.15) is 44.1 Å². The highest BCUT2D eigenvalue weighted by Crippen LogP contribution is 2.22. The molecule has 0 aromatic heterocycles. The molecule has 2 N–H and O–H groups in total. The normalized spacial score (nSPS) is 19.3. The summed E-state index contributed by atoms with van der Waals surface area (Å²) in [7, 11) is 0. The summed E-state index contributed by atoms with van der Waals surface area (Å²) in [6, 6.07) is 9.96. The highest BCUT2D eigenvalue weighted by Gasteiger charge is 2.24. The molecule has 0 bridgehead atoms. The van der Waals surface area contributed by atoms with Gasteiger partial charge in [0.2, 0.25) is 0 Å². The van der Waals surface area contributed by atoms with Gasteiger partial charge in [0.25, 0.3) is 0 Å². The van der Waals surface area contributed by atoms with E-state index in [0.717, 1.165) is 12.6 Å². The van der Waals surface area contributed by atoms with E-state index in [1.807, 2.05) is 11.8 Å². The van der Waals surface area contributed by atoms with E-state index in [0.29, 0.717) is 0 Å². The first kappa shape index (κ1) is 22.7. The van der Waals surface area contributed by atoms with Crippen LogP contribution in [0.5, 0.6) is 0 Å². The summed E-state index contributed by atoms with van der Waals surface area (Å²) in [4.78, 5) is 25.0. The minimum absolute atomic E-state index is 0.855. The number of benzene rings is 1. The van der Waals surface area contributed by atoms with Gasteiger partial charge in [-0.25, -0.2) is 9.59 Å². The lowest BCUT2D eigenvalue weighted by Gasteiger charge is -2.38. The summed E-state index contributed by atoms with van der Waals surface area (Å²) >= 11 is 1.82. The van der Waals surface area contributed by atoms with Crippen LogP contribution >= 0.6 is 11.8 Å². The fourth-order valence-corrected chi connectivity index (χ4v) is 4.30. The number of hydrogen-bond acceptors (Lipinski definition) is 5. The third kappa shape index (κ3) is 7.81. The van der Waals surface area contributed by atoms with Gasteiger partial charge < -0.3 is 15.1 Å². The van der Waals surface area contributed by atoms with Gasteiger partial charge in [0.1, 0.15) is 0 Å². The molecule has 2 heterocycles. The molecule has 0 spiro atoms. The number of hydrogen-bond donors (Lipinski definition) is 2. The highest BCUT2D eigenvalue weighted by atomic mass is 32.2. The van der Waals surface area contributed by atoms with Crippen LogP contribution in [0, 0.1) is 0 Å². The summed E-state index contributed by atoms with van der Waals surface area (Å²) in [5, 5.41) is 14.8. The number of nitrogens with zero attached hydrogens (tertiary/aromatic N) is 2. The number of carbonyl (C=O) groups is 2. The van der Waals surface area contributed by atoms with Crippen molar-refractivity contribution in [3.63, 3.8) is 0 Å². The summed E-state index contributed by atoms with van der Waals surface area (Å²) in [6.07, 6.45) is 10.6. The fourth-order valence-electron chi connectivity index (χ4n) is 3.89. The Kier molecular flexibility index (Phi) is 9.81. The molecular weight excluding hydrogens is 376 g/mol. The molecule has 1 aromatic rings. The molecular formula is C21H32N2O4S. The Bertz CT molecular complexity index is 595. The number of likely N-dealkylation sites (tertiary alicyclic amines) is 2. The van der Waals surface area contributed by atoms with Crippen LogP contribution in [0.4, 0.5) is 0 Å². The van der Waals surface area contributed by atoms with Gasteiger partial charge in [0, 0.05) is 17.5 Å². The molecule has 0 unspecified atom stereocenters. The van der Waals surface area contributed by atoms with Crippen molar-refractivity contribution in [3.05, 3.63) is 29.8 Å². The Morgan fingerprint density at radius 1 is 0.929 bits per heavy atom. The van der Waals surface area contributed by atoms with Crippen LogP contribution in [-0.4, -0.2) is 70.4 Å². The van der Waals surface area contributed by atoms with Crippen molar-refractivity contribution in [1.82, 2.24) is 9.80 Å². The van der Waals surface area contributed by atoms with Gasteiger partial charge in [-0.1, -0.05) is 25.0 Å². The molecule has 2 saturated heterocycles. The number of carboxylic acid groups (broad SMARTS) is 2. The second-order valence-corrected chi connectivity index (χ2v) is 8.30. The molecule has 156 valence electrons. The topological polar surface area (TPSA) is 81.1 Å². The van der Waals surface area contributed by atoms with Crippen LogP contribution in [0.2, 0.25) is 0 Å². The second kappa shape index (κ2) is 12.1. The molecule has 7 heteroatoms. The molecule has 1 aromatic carbocycles. The molecule has 28 heavy (non-hydrogen) atoms. The standard InChI is InChI=1S/C19H30N2S.C2H2O4/c1-22-19-8-6-17(7-9-19)16-20-14-10-18(11-15-20)21-12-4-2-3-5-13-21;3-1(4)2(5)6/h6-9,18H,2-5,10-16H2,1H3;(H,3,4)(H,5,6). The number of rotatable bonds is 4. The third-order valence-corrected chi connectivity index (χ3v) is 6.21. The average Bonchev–Trinajstić information content (AvgIpc) is 2.99. The number of aliphatic carboxylic acids is 2. The minimum atomic E-state index is -1.82. The van der Waals surface area contributed by atoms with Crippen molar-refractivity contribution in [2.24, 2.45) is 0 Å². The average molecular weight is 409 g/mol.